The molecule has 0 aromatic carbocycles. The van der Waals surface area contributed by atoms with E-state index < -0.39 is 16.0 Å². The fourth-order valence-corrected chi connectivity index (χ4v) is 4.50. The van der Waals surface area contributed by atoms with Crippen molar-refractivity contribution in [3.8, 4) is 0 Å². The largest absolute Gasteiger partial charge is 0.481 e. The number of carbonyl (C=O) groups is 1. The van der Waals surface area contributed by atoms with Crippen molar-refractivity contribution in [3.05, 3.63) is 11.5 Å². The van der Waals surface area contributed by atoms with Crippen LogP contribution in [0.15, 0.2) is 9.42 Å². The van der Waals surface area contributed by atoms with Crippen LogP contribution in [0.25, 0.3) is 0 Å². The van der Waals surface area contributed by atoms with Gasteiger partial charge in [0, 0.05) is 19.5 Å². The van der Waals surface area contributed by atoms with Gasteiger partial charge in [-0.25, -0.2) is 8.42 Å². The van der Waals surface area contributed by atoms with Crippen molar-refractivity contribution in [1.82, 2.24) is 9.46 Å². The van der Waals surface area contributed by atoms with E-state index in [0.29, 0.717) is 43.8 Å². The van der Waals surface area contributed by atoms with Crippen molar-refractivity contribution in [1.29, 1.82) is 0 Å². The standard InChI is InChI=1S/C13H20N2O5S/c1-9-13(10(2)20-14-9)21(18,19)15-7-5-11(6-8-15)3-4-12(16)17/h11H,3-8H2,1-2H3,(H,16,17). The molecule has 1 fully saturated rings. The van der Waals surface area contributed by atoms with Gasteiger partial charge in [-0.2, -0.15) is 4.31 Å². The molecule has 0 atom stereocenters. The Balaban J connectivity index is 2.03. The Morgan fingerprint density at radius 3 is 2.48 bits per heavy atom. The van der Waals surface area contributed by atoms with E-state index in [1.165, 1.54) is 4.31 Å². The van der Waals surface area contributed by atoms with Gasteiger partial charge in [0.1, 0.15) is 10.6 Å². The fourth-order valence-electron chi connectivity index (χ4n) is 2.74. The number of aliphatic carboxylic acids is 1. The summed E-state index contributed by atoms with van der Waals surface area (Å²) in [5.74, 6) is -0.224. The minimum Gasteiger partial charge on any atom is -0.481 e. The quantitative estimate of drug-likeness (QED) is 0.884. The SMILES string of the molecule is Cc1noc(C)c1S(=O)(=O)N1CCC(CCC(=O)O)CC1. The average Bonchev–Trinajstić information content (AvgIpc) is 2.77. The van der Waals surface area contributed by atoms with Crippen molar-refractivity contribution < 1.29 is 22.8 Å². The molecule has 7 nitrogen and oxygen atoms in total. The lowest BCUT2D eigenvalue weighted by atomic mass is 9.93. The maximum atomic E-state index is 12.6. The summed E-state index contributed by atoms with van der Waals surface area (Å²) in [6.07, 6.45) is 2.13. The number of aryl methyl sites for hydroxylation is 2. The predicted molar refractivity (Wildman–Crippen MR) is 74.3 cm³/mol. The predicted octanol–water partition coefficient (Wildman–Crippen LogP) is 1.56. The molecule has 2 rings (SSSR count). The lowest BCUT2D eigenvalue weighted by Crippen LogP contribution is -2.38. The van der Waals surface area contributed by atoms with E-state index in [-0.39, 0.29) is 17.2 Å². The molecule has 8 heteroatoms. The van der Waals surface area contributed by atoms with Crippen LogP contribution in [0.2, 0.25) is 0 Å². The first kappa shape index (κ1) is 16.0. The summed E-state index contributed by atoms with van der Waals surface area (Å²) >= 11 is 0. The second-order valence-electron chi connectivity index (χ2n) is 5.43. The third kappa shape index (κ3) is 3.44. The summed E-state index contributed by atoms with van der Waals surface area (Å²) in [4.78, 5) is 10.7. The van der Waals surface area contributed by atoms with Crippen LogP contribution in [0.3, 0.4) is 0 Å². The topological polar surface area (TPSA) is 101 Å². The third-order valence-corrected chi connectivity index (χ3v) is 6.05. The minimum atomic E-state index is -3.57. The number of rotatable bonds is 5. The molecule has 0 spiro atoms. The Bertz CT molecular complexity index is 595. The zero-order valence-electron chi connectivity index (χ0n) is 12.2. The number of nitrogens with zero attached hydrogens (tertiary/aromatic N) is 2. The van der Waals surface area contributed by atoms with E-state index in [4.69, 9.17) is 9.63 Å². The first-order valence-electron chi connectivity index (χ1n) is 6.97. The van der Waals surface area contributed by atoms with Crippen LogP contribution in [0.5, 0.6) is 0 Å². The highest BCUT2D eigenvalue weighted by Gasteiger charge is 2.33. The second-order valence-corrected chi connectivity index (χ2v) is 7.31. The summed E-state index contributed by atoms with van der Waals surface area (Å²) < 4.78 is 31.6. The number of hydrogen-bond acceptors (Lipinski definition) is 5. The molecular weight excluding hydrogens is 296 g/mol. The highest BCUT2D eigenvalue weighted by molar-refractivity contribution is 7.89. The van der Waals surface area contributed by atoms with Crippen LogP contribution in [-0.4, -0.2) is 42.0 Å². The molecule has 1 aromatic heterocycles. The molecule has 21 heavy (non-hydrogen) atoms. The lowest BCUT2D eigenvalue weighted by molar-refractivity contribution is -0.137. The Morgan fingerprint density at radius 1 is 1.38 bits per heavy atom. The zero-order valence-corrected chi connectivity index (χ0v) is 13.0. The van der Waals surface area contributed by atoms with E-state index in [1.807, 2.05) is 0 Å². The normalized spacial score (nSPS) is 18.0. The molecule has 118 valence electrons. The Labute approximate surface area is 124 Å². The van der Waals surface area contributed by atoms with Crippen molar-refractivity contribution in [2.75, 3.05) is 13.1 Å². The van der Waals surface area contributed by atoms with E-state index in [0.717, 1.165) is 0 Å². The molecule has 1 saturated heterocycles. The van der Waals surface area contributed by atoms with Gasteiger partial charge in [-0.15, -0.1) is 0 Å². The first-order chi connectivity index (χ1) is 9.82. The van der Waals surface area contributed by atoms with Crippen molar-refractivity contribution in [2.24, 2.45) is 5.92 Å². The zero-order chi connectivity index (χ0) is 15.6. The van der Waals surface area contributed by atoms with Crippen LogP contribution in [-0.2, 0) is 14.8 Å². The van der Waals surface area contributed by atoms with Crippen LogP contribution >= 0.6 is 0 Å². The molecule has 0 unspecified atom stereocenters. The van der Waals surface area contributed by atoms with Crippen LogP contribution in [0, 0.1) is 19.8 Å². The summed E-state index contributed by atoms with van der Waals surface area (Å²) in [5, 5.41) is 12.4. The van der Waals surface area contributed by atoms with Gasteiger partial charge in [0.15, 0.2) is 5.76 Å². The second kappa shape index (κ2) is 6.15. The van der Waals surface area contributed by atoms with Gasteiger partial charge in [-0.05, 0) is 39.0 Å². The first-order valence-corrected chi connectivity index (χ1v) is 8.41. The molecule has 1 aliphatic heterocycles. The molecule has 2 heterocycles. The third-order valence-electron chi connectivity index (χ3n) is 3.91. The lowest BCUT2D eigenvalue weighted by Gasteiger charge is -2.30. The van der Waals surface area contributed by atoms with Crippen molar-refractivity contribution in [3.63, 3.8) is 0 Å². The van der Waals surface area contributed by atoms with E-state index in [9.17, 15) is 13.2 Å². The van der Waals surface area contributed by atoms with Gasteiger partial charge in [-0.1, -0.05) is 5.16 Å². The van der Waals surface area contributed by atoms with Crippen LogP contribution < -0.4 is 0 Å². The maximum absolute atomic E-state index is 12.6. The average molecular weight is 316 g/mol. The smallest absolute Gasteiger partial charge is 0.303 e. The number of carboxylic acids is 1. The molecule has 0 saturated carbocycles. The Hall–Kier alpha value is -1.41. The molecule has 1 aliphatic rings. The number of aromatic nitrogens is 1. The summed E-state index contributed by atoms with van der Waals surface area (Å²) in [7, 11) is -3.57. The number of sulfonamides is 1. The maximum Gasteiger partial charge on any atom is 0.303 e. The molecule has 1 N–H and O–H groups in total. The van der Waals surface area contributed by atoms with E-state index >= 15 is 0 Å². The molecule has 1 aromatic rings. The van der Waals surface area contributed by atoms with Gasteiger partial charge in [0.25, 0.3) is 0 Å². The van der Waals surface area contributed by atoms with Gasteiger partial charge in [-0.3, -0.25) is 4.79 Å². The fraction of sp³-hybridized carbons (Fsp3) is 0.692. The van der Waals surface area contributed by atoms with Crippen LogP contribution in [0.1, 0.15) is 37.1 Å². The molecule has 0 amide bonds. The Kier molecular flexibility index (Phi) is 4.67. The van der Waals surface area contributed by atoms with Gasteiger partial charge in [0.05, 0.1) is 0 Å². The van der Waals surface area contributed by atoms with Gasteiger partial charge in [0.2, 0.25) is 10.0 Å². The number of carboxylic acid groups (broad SMARTS) is 1. The Morgan fingerprint density at radius 2 is 2.00 bits per heavy atom. The number of piperidine rings is 1. The molecule has 0 bridgehead atoms. The van der Waals surface area contributed by atoms with Gasteiger partial charge < -0.3 is 9.63 Å². The van der Waals surface area contributed by atoms with Crippen molar-refractivity contribution >= 4 is 16.0 Å². The van der Waals surface area contributed by atoms with Crippen molar-refractivity contribution in [2.45, 2.75) is 44.4 Å². The van der Waals surface area contributed by atoms with E-state index in [1.54, 1.807) is 13.8 Å². The highest BCUT2D eigenvalue weighted by atomic mass is 32.2. The van der Waals surface area contributed by atoms with E-state index in [2.05, 4.69) is 5.16 Å². The molecule has 0 aliphatic carbocycles. The highest BCUT2D eigenvalue weighted by Crippen LogP contribution is 2.29. The van der Waals surface area contributed by atoms with Crippen LogP contribution in [0.4, 0.5) is 0 Å². The van der Waals surface area contributed by atoms with Gasteiger partial charge >= 0.3 is 5.97 Å². The summed E-state index contributed by atoms with van der Waals surface area (Å²) in [5.41, 5.74) is 0.375. The summed E-state index contributed by atoms with van der Waals surface area (Å²) in [6, 6.07) is 0. The summed E-state index contributed by atoms with van der Waals surface area (Å²) in [6.45, 7) is 4.03. The molecular formula is C13H20N2O5S. The monoisotopic (exact) mass is 316 g/mol. The number of hydrogen-bond donors (Lipinski definition) is 1. The minimum absolute atomic E-state index is 0.140. The molecule has 0 radical (unpaired) electrons.